The molecule has 0 bridgehead atoms. The zero-order valence-electron chi connectivity index (χ0n) is 17.2. The fourth-order valence-corrected chi connectivity index (χ4v) is 4.87. The van der Waals surface area contributed by atoms with E-state index in [0.717, 1.165) is 18.4 Å². The molecular weight excluding hydrogens is 398 g/mol. The molecule has 6 nitrogen and oxygen atoms in total. The topological polar surface area (TPSA) is 64.4 Å². The van der Waals surface area contributed by atoms with Crippen molar-refractivity contribution in [1.82, 2.24) is 14.5 Å². The van der Waals surface area contributed by atoms with Crippen LogP contribution in [-0.4, -0.2) is 47.2 Å². The highest BCUT2D eigenvalue weighted by Gasteiger charge is 2.27. The largest absolute Gasteiger partial charge is 0.376 e. The second-order valence-electron chi connectivity index (χ2n) is 7.60. The van der Waals surface area contributed by atoms with Crippen LogP contribution in [0.2, 0.25) is 0 Å². The Morgan fingerprint density at radius 1 is 1.20 bits per heavy atom. The van der Waals surface area contributed by atoms with Gasteiger partial charge in [-0.25, -0.2) is 4.98 Å². The van der Waals surface area contributed by atoms with Crippen LogP contribution in [0.15, 0.2) is 64.5 Å². The highest BCUT2D eigenvalue weighted by Crippen LogP contribution is 2.36. The number of thioether (sulfide) groups is 1. The average Bonchev–Trinajstić information content (AvgIpc) is 3.28. The van der Waals surface area contributed by atoms with E-state index in [1.165, 1.54) is 11.8 Å². The van der Waals surface area contributed by atoms with Crippen LogP contribution in [0.5, 0.6) is 0 Å². The van der Waals surface area contributed by atoms with E-state index < -0.39 is 5.25 Å². The molecule has 156 valence electrons. The number of ether oxygens (including phenoxy) is 1. The summed E-state index contributed by atoms with van der Waals surface area (Å²) in [4.78, 5) is 32.7. The summed E-state index contributed by atoms with van der Waals surface area (Å²) in [6.45, 7) is 1.16. The Labute approximate surface area is 179 Å². The van der Waals surface area contributed by atoms with Crippen LogP contribution < -0.4 is 5.56 Å². The SMILES string of the molecule is CN(C)C(=O)[C@@H](Sc1nc2ccccc2c(=O)n1C[C@H]1CCCO1)c1ccccc1. The highest BCUT2D eigenvalue weighted by molar-refractivity contribution is 8.00. The summed E-state index contributed by atoms with van der Waals surface area (Å²) < 4.78 is 7.46. The van der Waals surface area contributed by atoms with Gasteiger partial charge in [0.05, 0.1) is 23.6 Å². The number of carbonyl (C=O) groups is 1. The number of hydrogen-bond acceptors (Lipinski definition) is 5. The Hall–Kier alpha value is -2.64. The van der Waals surface area contributed by atoms with Gasteiger partial charge in [0.1, 0.15) is 5.25 Å². The predicted molar refractivity (Wildman–Crippen MR) is 119 cm³/mol. The highest BCUT2D eigenvalue weighted by atomic mass is 32.2. The van der Waals surface area contributed by atoms with Crippen molar-refractivity contribution < 1.29 is 9.53 Å². The van der Waals surface area contributed by atoms with Gasteiger partial charge in [-0.2, -0.15) is 0 Å². The second kappa shape index (κ2) is 9.02. The molecule has 1 saturated heterocycles. The zero-order valence-corrected chi connectivity index (χ0v) is 18.0. The number of aromatic nitrogens is 2. The number of nitrogens with zero attached hydrogens (tertiary/aromatic N) is 3. The maximum absolute atomic E-state index is 13.3. The number of hydrogen-bond donors (Lipinski definition) is 0. The molecule has 2 heterocycles. The van der Waals surface area contributed by atoms with Gasteiger partial charge in [-0.3, -0.25) is 14.2 Å². The Morgan fingerprint density at radius 3 is 2.63 bits per heavy atom. The third-order valence-corrected chi connectivity index (χ3v) is 6.46. The van der Waals surface area contributed by atoms with Gasteiger partial charge in [-0.15, -0.1) is 0 Å². The molecule has 0 saturated carbocycles. The first kappa shape index (κ1) is 20.6. The van der Waals surface area contributed by atoms with Crippen molar-refractivity contribution >= 4 is 28.6 Å². The summed E-state index contributed by atoms with van der Waals surface area (Å²) in [5.41, 5.74) is 1.42. The van der Waals surface area contributed by atoms with Crippen LogP contribution in [0, 0.1) is 0 Å². The van der Waals surface area contributed by atoms with E-state index in [1.54, 1.807) is 29.6 Å². The first-order chi connectivity index (χ1) is 14.5. The number of carbonyl (C=O) groups excluding carboxylic acids is 1. The van der Waals surface area contributed by atoms with Crippen LogP contribution in [0.3, 0.4) is 0 Å². The molecule has 1 aromatic heterocycles. The summed E-state index contributed by atoms with van der Waals surface area (Å²) in [6, 6.07) is 17.0. The third kappa shape index (κ3) is 4.27. The van der Waals surface area contributed by atoms with Crippen LogP contribution in [0.1, 0.15) is 23.7 Å². The molecular formula is C23H25N3O3S. The zero-order chi connectivity index (χ0) is 21.1. The van der Waals surface area contributed by atoms with Gasteiger partial charge in [-0.1, -0.05) is 54.2 Å². The molecule has 0 aliphatic carbocycles. The summed E-state index contributed by atoms with van der Waals surface area (Å²) >= 11 is 1.32. The minimum atomic E-state index is -0.495. The molecule has 1 fully saturated rings. The predicted octanol–water partition coefficient (Wildman–Crippen LogP) is 3.50. The van der Waals surface area contributed by atoms with E-state index in [-0.39, 0.29) is 17.6 Å². The van der Waals surface area contributed by atoms with Crippen LogP contribution in [-0.2, 0) is 16.1 Å². The molecule has 1 amide bonds. The molecule has 30 heavy (non-hydrogen) atoms. The second-order valence-corrected chi connectivity index (χ2v) is 8.68. The third-order valence-electron chi connectivity index (χ3n) is 5.23. The summed E-state index contributed by atoms with van der Waals surface area (Å²) in [5.74, 6) is -0.0442. The van der Waals surface area contributed by atoms with Gasteiger partial charge in [0.2, 0.25) is 5.91 Å². The van der Waals surface area contributed by atoms with Gasteiger partial charge in [0.15, 0.2) is 5.16 Å². The van der Waals surface area contributed by atoms with Crippen molar-refractivity contribution in [2.75, 3.05) is 20.7 Å². The van der Waals surface area contributed by atoms with Gasteiger partial charge in [0.25, 0.3) is 5.56 Å². The molecule has 0 unspecified atom stereocenters. The molecule has 1 aliphatic rings. The van der Waals surface area contributed by atoms with Crippen molar-refractivity contribution in [2.24, 2.45) is 0 Å². The standard InChI is InChI=1S/C23H25N3O3S/c1-25(2)22(28)20(16-9-4-3-5-10-16)30-23-24-19-13-7-6-12-18(19)21(27)26(23)15-17-11-8-14-29-17/h3-7,9-10,12-13,17,20H,8,11,14-15H2,1-2H3/t17-,20+/m1/s1. The lowest BCUT2D eigenvalue weighted by molar-refractivity contribution is -0.128. The van der Waals surface area contributed by atoms with E-state index in [4.69, 9.17) is 9.72 Å². The summed E-state index contributed by atoms with van der Waals surface area (Å²) in [5, 5.41) is 0.623. The molecule has 2 aromatic carbocycles. The van der Waals surface area contributed by atoms with Crippen molar-refractivity contribution in [1.29, 1.82) is 0 Å². The number of para-hydroxylation sites is 1. The molecule has 0 radical (unpaired) electrons. The minimum Gasteiger partial charge on any atom is -0.376 e. The smallest absolute Gasteiger partial charge is 0.262 e. The fraction of sp³-hybridized carbons (Fsp3) is 0.348. The van der Waals surface area contributed by atoms with Crippen molar-refractivity contribution in [3.8, 4) is 0 Å². The molecule has 2 atom stereocenters. The quantitative estimate of drug-likeness (QED) is 0.449. The molecule has 4 rings (SSSR count). The average molecular weight is 424 g/mol. The number of likely N-dealkylation sites (N-methyl/N-ethyl adjacent to an activating group) is 1. The van der Waals surface area contributed by atoms with Gasteiger partial charge < -0.3 is 9.64 Å². The molecule has 1 aliphatic heterocycles. The lowest BCUT2D eigenvalue weighted by atomic mass is 10.1. The number of fused-ring (bicyclic) bond motifs is 1. The number of benzene rings is 2. The Morgan fingerprint density at radius 2 is 1.93 bits per heavy atom. The van der Waals surface area contributed by atoms with Crippen molar-refractivity contribution in [2.45, 2.75) is 35.9 Å². The van der Waals surface area contributed by atoms with E-state index in [2.05, 4.69) is 0 Å². The van der Waals surface area contributed by atoms with Crippen LogP contribution in [0.25, 0.3) is 10.9 Å². The van der Waals surface area contributed by atoms with E-state index in [0.29, 0.717) is 29.2 Å². The first-order valence-corrected chi connectivity index (χ1v) is 11.0. The minimum absolute atomic E-state index is 0.00950. The molecule has 0 spiro atoms. The monoisotopic (exact) mass is 423 g/mol. The first-order valence-electron chi connectivity index (χ1n) is 10.1. The summed E-state index contributed by atoms with van der Waals surface area (Å²) in [6.07, 6.45) is 1.90. The maximum Gasteiger partial charge on any atom is 0.262 e. The van der Waals surface area contributed by atoms with Gasteiger partial charge >= 0.3 is 0 Å². The van der Waals surface area contributed by atoms with E-state index >= 15 is 0 Å². The molecule has 0 N–H and O–H groups in total. The lowest BCUT2D eigenvalue weighted by Crippen LogP contribution is -2.30. The summed E-state index contributed by atoms with van der Waals surface area (Å²) in [7, 11) is 3.48. The Bertz CT molecular complexity index is 1090. The van der Waals surface area contributed by atoms with E-state index in [1.807, 2.05) is 48.5 Å². The molecule has 7 heteroatoms. The maximum atomic E-state index is 13.3. The number of rotatable bonds is 6. The normalized spacial score (nSPS) is 17.2. The fourth-order valence-electron chi connectivity index (χ4n) is 3.62. The Balaban J connectivity index is 1.80. The lowest BCUT2D eigenvalue weighted by Gasteiger charge is -2.22. The van der Waals surface area contributed by atoms with Crippen molar-refractivity contribution in [3.05, 3.63) is 70.5 Å². The van der Waals surface area contributed by atoms with E-state index in [9.17, 15) is 9.59 Å². The van der Waals surface area contributed by atoms with Gasteiger partial charge in [0, 0.05) is 20.7 Å². The van der Waals surface area contributed by atoms with Gasteiger partial charge in [-0.05, 0) is 30.5 Å². The van der Waals surface area contributed by atoms with Crippen LogP contribution in [0.4, 0.5) is 0 Å². The van der Waals surface area contributed by atoms with Crippen LogP contribution >= 0.6 is 11.8 Å². The Kier molecular flexibility index (Phi) is 6.20. The molecule has 3 aromatic rings. The van der Waals surface area contributed by atoms with Crippen molar-refractivity contribution in [3.63, 3.8) is 0 Å². The number of amides is 1.